The van der Waals surface area contributed by atoms with Crippen molar-refractivity contribution in [2.75, 3.05) is 0 Å². The molecule has 0 fully saturated rings. The second-order valence-corrected chi connectivity index (χ2v) is 5.10. The number of carbonyl (C=O) groups is 1. The van der Waals surface area contributed by atoms with Gasteiger partial charge >= 0.3 is 0 Å². The van der Waals surface area contributed by atoms with Crippen LogP contribution in [0.1, 0.15) is 21.8 Å². The highest BCUT2D eigenvalue weighted by Gasteiger charge is 2.09. The summed E-state index contributed by atoms with van der Waals surface area (Å²) in [4.78, 5) is 16.4. The minimum Gasteiger partial charge on any atom is -0.441 e. The monoisotopic (exact) mass is 300 g/mol. The molecule has 21 heavy (non-hydrogen) atoms. The number of fused-ring (bicyclic) bond motifs is 1. The normalized spacial score (nSPS) is 10.8. The number of rotatable bonds is 3. The molecule has 106 valence electrons. The molecular weight excluding hydrogens is 288 g/mol. The van der Waals surface area contributed by atoms with E-state index < -0.39 is 0 Å². The minimum absolute atomic E-state index is 0.169. The zero-order chi connectivity index (χ0) is 14.8. The molecule has 0 aliphatic carbocycles. The molecule has 0 saturated heterocycles. The third-order valence-corrected chi connectivity index (χ3v) is 3.52. The van der Waals surface area contributed by atoms with E-state index in [2.05, 4.69) is 10.3 Å². The number of amides is 1. The molecule has 0 bridgehead atoms. The van der Waals surface area contributed by atoms with E-state index in [0.717, 1.165) is 5.56 Å². The lowest BCUT2D eigenvalue weighted by atomic mass is 10.1. The molecule has 0 spiro atoms. The summed E-state index contributed by atoms with van der Waals surface area (Å²) in [6.07, 6.45) is 0. The Balaban J connectivity index is 1.76. The number of nitrogens with one attached hydrogen (secondary N) is 1. The predicted molar refractivity (Wildman–Crippen MR) is 81.4 cm³/mol. The maximum atomic E-state index is 12.2. The summed E-state index contributed by atoms with van der Waals surface area (Å²) < 4.78 is 5.39. The first kappa shape index (κ1) is 13.6. The summed E-state index contributed by atoms with van der Waals surface area (Å²) in [5.41, 5.74) is 2.78. The van der Waals surface area contributed by atoms with Crippen molar-refractivity contribution in [1.29, 1.82) is 0 Å². The number of halogens is 1. The third kappa shape index (κ3) is 2.90. The summed E-state index contributed by atoms with van der Waals surface area (Å²) in [5, 5.41) is 3.49. The molecular formula is C16H13ClN2O2. The van der Waals surface area contributed by atoms with Gasteiger partial charge in [0.05, 0.1) is 0 Å². The van der Waals surface area contributed by atoms with Gasteiger partial charge in [-0.2, -0.15) is 0 Å². The molecule has 3 rings (SSSR count). The smallest absolute Gasteiger partial charge is 0.251 e. The lowest BCUT2D eigenvalue weighted by Crippen LogP contribution is -2.22. The van der Waals surface area contributed by atoms with Gasteiger partial charge in [0.15, 0.2) is 11.5 Å². The molecule has 1 aromatic heterocycles. The van der Waals surface area contributed by atoms with Crippen molar-refractivity contribution in [1.82, 2.24) is 10.3 Å². The molecule has 2 aromatic carbocycles. The van der Waals surface area contributed by atoms with Crippen LogP contribution in [-0.4, -0.2) is 10.9 Å². The Hall–Kier alpha value is -2.33. The standard InChI is InChI=1S/C16H13ClN2O2/c1-10-19-14-8-11(6-7-15(14)21-10)16(20)18-9-12-4-2-3-5-13(12)17/h2-8H,9H2,1H3,(H,18,20). The Morgan fingerprint density at radius 3 is 2.90 bits per heavy atom. The van der Waals surface area contributed by atoms with E-state index in [1.165, 1.54) is 0 Å². The molecule has 0 radical (unpaired) electrons. The second-order valence-electron chi connectivity index (χ2n) is 4.69. The van der Waals surface area contributed by atoms with Crippen molar-refractivity contribution >= 4 is 28.6 Å². The first-order valence-corrected chi connectivity index (χ1v) is 6.90. The molecule has 1 N–H and O–H groups in total. The van der Waals surface area contributed by atoms with Gasteiger partial charge in [-0.3, -0.25) is 4.79 Å². The van der Waals surface area contributed by atoms with Gasteiger partial charge in [0.2, 0.25) is 0 Å². The first-order valence-electron chi connectivity index (χ1n) is 6.52. The van der Waals surface area contributed by atoms with E-state index in [4.69, 9.17) is 16.0 Å². The molecule has 4 nitrogen and oxygen atoms in total. The summed E-state index contributed by atoms with van der Waals surface area (Å²) >= 11 is 6.06. The average molecular weight is 301 g/mol. The number of hydrogen-bond acceptors (Lipinski definition) is 3. The molecule has 0 atom stereocenters. The van der Waals surface area contributed by atoms with Crippen LogP contribution in [0.2, 0.25) is 5.02 Å². The molecule has 0 unspecified atom stereocenters. The zero-order valence-electron chi connectivity index (χ0n) is 11.4. The number of aryl methyl sites for hydroxylation is 1. The molecule has 3 aromatic rings. The predicted octanol–water partition coefficient (Wildman–Crippen LogP) is 3.72. The van der Waals surface area contributed by atoms with Crippen molar-refractivity contribution < 1.29 is 9.21 Å². The summed E-state index contributed by atoms with van der Waals surface area (Å²) in [7, 11) is 0. The van der Waals surface area contributed by atoms with Crippen LogP contribution in [0.15, 0.2) is 46.9 Å². The average Bonchev–Trinajstić information content (AvgIpc) is 2.85. The van der Waals surface area contributed by atoms with Crippen LogP contribution in [0.25, 0.3) is 11.1 Å². The fraction of sp³-hybridized carbons (Fsp3) is 0.125. The van der Waals surface area contributed by atoms with Crippen molar-refractivity contribution in [2.24, 2.45) is 0 Å². The van der Waals surface area contributed by atoms with E-state index in [9.17, 15) is 4.79 Å². The summed E-state index contributed by atoms with van der Waals surface area (Å²) in [6.45, 7) is 2.16. The van der Waals surface area contributed by atoms with Crippen molar-refractivity contribution in [3.05, 3.63) is 64.5 Å². The topological polar surface area (TPSA) is 55.1 Å². The Morgan fingerprint density at radius 1 is 1.29 bits per heavy atom. The van der Waals surface area contributed by atoms with Crippen LogP contribution in [0, 0.1) is 6.92 Å². The molecule has 1 heterocycles. The van der Waals surface area contributed by atoms with Crippen LogP contribution in [-0.2, 0) is 6.54 Å². The fourth-order valence-electron chi connectivity index (χ4n) is 2.10. The summed E-state index contributed by atoms with van der Waals surface area (Å²) in [5.74, 6) is 0.413. The quantitative estimate of drug-likeness (QED) is 0.802. The van der Waals surface area contributed by atoms with E-state index in [1.807, 2.05) is 18.2 Å². The van der Waals surface area contributed by atoms with Gasteiger partial charge in [0, 0.05) is 24.1 Å². The van der Waals surface area contributed by atoms with Crippen LogP contribution in [0.5, 0.6) is 0 Å². The number of nitrogens with zero attached hydrogens (tertiary/aromatic N) is 1. The molecule has 0 aliphatic heterocycles. The Morgan fingerprint density at radius 2 is 2.10 bits per heavy atom. The van der Waals surface area contributed by atoms with E-state index in [0.29, 0.717) is 34.1 Å². The fourth-order valence-corrected chi connectivity index (χ4v) is 2.31. The van der Waals surface area contributed by atoms with Crippen LogP contribution in [0.3, 0.4) is 0 Å². The highest BCUT2D eigenvalue weighted by molar-refractivity contribution is 6.31. The van der Waals surface area contributed by atoms with Gasteiger partial charge in [0.1, 0.15) is 5.52 Å². The number of carbonyl (C=O) groups excluding carboxylic acids is 1. The van der Waals surface area contributed by atoms with Crippen molar-refractivity contribution in [3.8, 4) is 0 Å². The van der Waals surface area contributed by atoms with Gasteiger partial charge in [0.25, 0.3) is 5.91 Å². The van der Waals surface area contributed by atoms with Crippen molar-refractivity contribution in [3.63, 3.8) is 0 Å². The first-order chi connectivity index (χ1) is 10.1. The number of oxazole rings is 1. The van der Waals surface area contributed by atoms with E-state index in [-0.39, 0.29) is 5.91 Å². The second kappa shape index (κ2) is 5.58. The SMILES string of the molecule is Cc1nc2cc(C(=O)NCc3ccccc3Cl)ccc2o1. The van der Waals surface area contributed by atoms with Crippen LogP contribution >= 0.6 is 11.6 Å². The van der Waals surface area contributed by atoms with Crippen LogP contribution < -0.4 is 5.32 Å². The molecule has 0 saturated carbocycles. The molecule has 1 amide bonds. The van der Waals surface area contributed by atoms with Gasteiger partial charge in [-0.1, -0.05) is 29.8 Å². The highest BCUT2D eigenvalue weighted by atomic mass is 35.5. The van der Waals surface area contributed by atoms with E-state index in [1.54, 1.807) is 31.2 Å². The number of benzene rings is 2. The highest BCUT2D eigenvalue weighted by Crippen LogP contribution is 2.17. The zero-order valence-corrected chi connectivity index (χ0v) is 12.1. The summed E-state index contributed by atoms with van der Waals surface area (Å²) in [6, 6.07) is 12.6. The minimum atomic E-state index is -0.169. The Bertz CT molecular complexity index is 811. The van der Waals surface area contributed by atoms with Gasteiger partial charge in [-0.05, 0) is 29.8 Å². The maximum absolute atomic E-state index is 12.2. The lowest BCUT2D eigenvalue weighted by molar-refractivity contribution is 0.0951. The van der Waals surface area contributed by atoms with Gasteiger partial charge in [-0.25, -0.2) is 4.98 Å². The van der Waals surface area contributed by atoms with Crippen LogP contribution in [0.4, 0.5) is 0 Å². The maximum Gasteiger partial charge on any atom is 0.251 e. The Kier molecular flexibility index (Phi) is 3.62. The third-order valence-electron chi connectivity index (χ3n) is 3.15. The van der Waals surface area contributed by atoms with Crippen molar-refractivity contribution in [2.45, 2.75) is 13.5 Å². The number of hydrogen-bond donors (Lipinski definition) is 1. The Labute approximate surface area is 126 Å². The lowest BCUT2D eigenvalue weighted by Gasteiger charge is -2.06. The molecule has 0 aliphatic rings. The molecule has 5 heteroatoms. The van der Waals surface area contributed by atoms with E-state index >= 15 is 0 Å². The van der Waals surface area contributed by atoms with Gasteiger partial charge < -0.3 is 9.73 Å². The van der Waals surface area contributed by atoms with Gasteiger partial charge in [-0.15, -0.1) is 0 Å². The number of aromatic nitrogens is 1. The largest absolute Gasteiger partial charge is 0.441 e.